The van der Waals surface area contributed by atoms with Crippen LogP contribution < -0.4 is 0 Å². The van der Waals surface area contributed by atoms with Crippen LogP contribution in [0, 0.1) is 4.78 Å². The van der Waals surface area contributed by atoms with Crippen molar-refractivity contribution in [2.75, 3.05) is 6.61 Å². The first-order chi connectivity index (χ1) is 5.46. The van der Waals surface area contributed by atoms with Gasteiger partial charge in [0, 0.05) is 6.61 Å². The van der Waals surface area contributed by atoms with Gasteiger partial charge in [-0.05, 0) is 13.3 Å². The number of ether oxygens (including phenoxy) is 1. The predicted molar refractivity (Wildman–Crippen MR) is 40.7 cm³/mol. The fraction of sp³-hybridized carbons (Fsp3) is 1.00. The lowest BCUT2D eigenvalue weighted by Gasteiger charge is -2.16. The van der Waals surface area contributed by atoms with Crippen LogP contribution in [0.1, 0.15) is 13.3 Å². The molecule has 1 heterocycles. The van der Waals surface area contributed by atoms with E-state index >= 15 is 0 Å². The van der Waals surface area contributed by atoms with Gasteiger partial charge in [-0.3, -0.25) is 0 Å². The minimum Gasteiger partial charge on any atom is -0.377 e. The molecule has 0 saturated carbocycles. The van der Waals surface area contributed by atoms with Gasteiger partial charge in [0.1, 0.15) is 9.73 Å². The molecule has 3 atom stereocenters. The largest absolute Gasteiger partial charge is 0.377 e. The summed E-state index contributed by atoms with van der Waals surface area (Å²) in [5.41, 5.74) is 0. The van der Waals surface area contributed by atoms with Gasteiger partial charge in [0.15, 0.2) is 0 Å². The van der Waals surface area contributed by atoms with E-state index in [1.807, 2.05) is 0 Å². The Morgan fingerprint density at radius 1 is 1.67 bits per heavy atom. The first-order valence-corrected chi connectivity index (χ1v) is 5.31. The van der Waals surface area contributed by atoms with Crippen LogP contribution in [0.2, 0.25) is 0 Å². The highest BCUT2D eigenvalue weighted by Crippen LogP contribution is 2.25. The van der Waals surface area contributed by atoms with Gasteiger partial charge in [-0.15, -0.1) is 0 Å². The molecule has 0 radical (unpaired) electrons. The van der Waals surface area contributed by atoms with Crippen molar-refractivity contribution in [1.29, 1.82) is 4.78 Å². The van der Waals surface area contributed by atoms with Gasteiger partial charge in [-0.2, -0.15) is 8.78 Å². The normalized spacial score (nSPS) is 35.3. The van der Waals surface area contributed by atoms with Crippen LogP contribution in [0.4, 0.5) is 8.78 Å². The van der Waals surface area contributed by atoms with Crippen LogP contribution in [-0.2, 0) is 14.5 Å². The molecule has 1 saturated heterocycles. The summed E-state index contributed by atoms with van der Waals surface area (Å²) in [5.74, 6) is -3.06. The summed E-state index contributed by atoms with van der Waals surface area (Å²) in [7, 11) is -3.78. The minimum absolute atomic E-state index is 0.299. The zero-order valence-electron chi connectivity index (χ0n) is 6.63. The van der Waals surface area contributed by atoms with E-state index in [0.717, 1.165) is 0 Å². The van der Waals surface area contributed by atoms with Gasteiger partial charge in [0.05, 0.1) is 11.4 Å². The van der Waals surface area contributed by atoms with Gasteiger partial charge in [-0.1, -0.05) is 0 Å². The number of hydrogen-bond donors (Lipinski definition) is 1. The molecule has 1 rings (SSSR count). The molecule has 6 heteroatoms. The highest BCUT2D eigenvalue weighted by atomic mass is 32.2. The molecule has 1 aliphatic rings. The van der Waals surface area contributed by atoms with Crippen molar-refractivity contribution in [3.05, 3.63) is 0 Å². The standard InChI is InChI=1S/C6H11F2NO2S/c1-4-5(2-3-11-4)12(9,10)6(7)8/h4-6,9H,2-3H2,1H3. The van der Waals surface area contributed by atoms with E-state index in [1.54, 1.807) is 6.92 Å². The first-order valence-electron chi connectivity index (χ1n) is 3.62. The minimum atomic E-state index is -3.78. The molecule has 0 aliphatic carbocycles. The highest BCUT2D eigenvalue weighted by Gasteiger charge is 2.38. The summed E-state index contributed by atoms with van der Waals surface area (Å²) in [6, 6.07) is 0. The lowest BCUT2D eigenvalue weighted by Crippen LogP contribution is -2.31. The van der Waals surface area contributed by atoms with Gasteiger partial charge in [-0.25, -0.2) is 8.99 Å². The van der Waals surface area contributed by atoms with Gasteiger partial charge in [0.25, 0.3) is 0 Å². The van der Waals surface area contributed by atoms with Gasteiger partial charge < -0.3 is 4.74 Å². The number of alkyl halides is 2. The van der Waals surface area contributed by atoms with E-state index in [9.17, 15) is 13.0 Å². The molecule has 3 nitrogen and oxygen atoms in total. The van der Waals surface area contributed by atoms with Gasteiger partial charge >= 0.3 is 5.76 Å². The Balaban J connectivity index is 2.82. The average Bonchev–Trinajstić information content (AvgIpc) is 2.35. The monoisotopic (exact) mass is 199 g/mol. The lowest BCUT2D eigenvalue weighted by atomic mass is 10.3. The fourth-order valence-corrected chi connectivity index (χ4v) is 2.66. The Kier molecular flexibility index (Phi) is 2.67. The van der Waals surface area contributed by atoms with E-state index in [-0.39, 0.29) is 0 Å². The Morgan fingerprint density at radius 3 is 2.58 bits per heavy atom. The van der Waals surface area contributed by atoms with Crippen molar-refractivity contribution in [1.82, 2.24) is 0 Å². The Morgan fingerprint density at radius 2 is 2.25 bits per heavy atom. The maximum atomic E-state index is 12.1. The van der Waals surface area contributed by atoms with Gasteiger partial charge in [0.2, 0.25) is 0 Å². The fourth-order valence-electron chi connectivity index (χ4n) is 1.30. The smallest absolute Gasteiger partial charge is 0.319 e. The van der Waals surface area contributed by atoms with E-state index in [2.05, 4.69) is 0 Å². The molecule has 1 N–H and O–H groups in total. The highest BCUT2D eigenvalue weighted by molar-refractivity contribution is 7.93. The Hall–Kier alpha value is -0.230. The van der Waals surface area contributed by atoms with E-state index < -0.39 is 26.8 Å². The number of hydrogen-bond acceptors (Lipinski definition) is 3. The maximum absolute atomic E-state index is 12.1. The molecule has 3 unspecified atom stereocenters. The van der Waals surface area contributed by atoms with Crippen LogP contribution in [0.5, 0.6) is 0 Å². The predicted octanol–water partition coefficient (Wildman–Crippen LogP) is 1.43. The Bertz CT molecular complexity index is 252. The van der Waals surface area contributed by atoms with E-state index in [0.29, 0.717) is 13.0 Å². The summed E-state index contributed by atoms with van der Waals surface area (Å²) in [6.45, 7) is 1.91. The molecular weight excluding hydrogens is 188 g/mol. The van der Waals surface area contributed by atoms with Crippen molar-refractivity contribution in [3.63, 3.8) is 0 Å². The molecule has 12 heavy (non-hydrogen) atoms. The molecule has 0 bridgehead atoms. The zero-order valence-corrected chi connectivity index (χ0v) is 7.44. The quantitative estimate of drug-likeness (QED) is 0.731. The third-order valence-electron chi connectivity index (χ3n) is 2.02. The molecule has 72 valence electrons. The second-order valence-corrected chi connectivity index (χ2v) is 5.07. The van der Waals surface area contributed by atoms with Crippen LogP contribution in [0.25, 0.3) is 0 Å². The maximum Gasteiger partial charge on any atom is 0.319 e. The number of halogens is 2. The molecule has 0 aromatic rings. The van der Waals surface area contributed by atoms with Crippen molar-refractivity contribution in [2.24, 2.45) is 0 Å². The van der Waals surface area contributed by atoms with Crippen LogP contribution in [0.3, 0.4) is 0 Å². The molecule has 1 aliphatic heterocycles. The number of nitrogens with one attached hydrogen (secondary N) is 1. The molecule has 0 spiro atoms. The average molecular weight is 199 g/mol. The summed E-state index contributed by atoms with van der Waals surface area (Å²) in [4.78, 5) is 0. The summed E-state index contributed by atoms with van der Waals surface area (Å²) < 4.78 is 47.3. The zero-order chi connectivity index (χ0) is 9.35. The van der Waals surface area contributed by atoms with E-state index in [4.69, 9.17) is 9.52 Å². The SMILES string of the molecule is CC1OCCC1S(=N)(=O)C(F)F. The second-order valence-electron chi connectivity index (χ2n) is 2.81. The molecular formula is C6H11F2NO2S. The third kappa shape index (κ3) is 1.59. The third-order valence-corrected chi connectivity index (χ3v) is 4.07. The second kappa shape index (κ2) is 3.26. The molecule has 0 amide bonds. The summed E-state index contributed by atoms with van der Waals surface area (Å²) >= 11 is 0. The summed E-state index contributed by atoms with van der Waals surface area (Å²) in [5, 5.41) is -0.808. The van der Waals surface area contributed by atoms with Crippen LogP contribution in [-0.4, -0.2) is 27.9 Å². The molecule has 0 aromatic carbocycles. The van der Waals surface area contributed by atoms with Crippen LogP contribution in [0.15, 0.2) is 0 Å². The van der Waals surface area contributed by atoms with Crippen molar-refractivity contribution < 1.29 is 17.7 Å². The summed E-state index contributed by atoms with van der Waals surface area (Å²) in [6.07, 6.45) is -0.183. The number of rotatable bonds is 2. The Labute approximate surface area is 70.1 Å². The van der Waals surface area contributed by atoms with Crippen LogP contribution >= 0.6 is 0 Å². The first kappa shape index (κ1) is 9.85. The molecule has 1 fully saturated rings. The van der Waals surface area contributed by atoms with E-state index in [1.165, 1.54) is 0 Å². The lowest BCUT2D eigenvalue weighted by molar-refractivity contribution is 0.125. The van der Waals surface area contributed by atoms with Crippen molar-refractivity contribution in [2.45, 2.75) is 30.5 Å². The molecule has 0 aromatic heterocycles. The topological polar surface area (TPSA) is 50.1 Å². The van der Waals surface area contributed by atoms with Crippen molar-refractivity contribution in [3.8, 4) is 0 Å². The van der Waals surface area contributed by atoms with Crippen molar-refractivity contribution >= 4 is 9.73 Å².